The molecule has 0 unspecified atom stereocenters. The number of carbonyl (C=O) groups excluding carboxylic acids is 2. The third-order valence-corrected chi connectivity index (χ3v) is 2.04. The highest BCUT2D eigenvalue weighted by atomic mass is 16.3. The van der Waals surface area contributed by atoms with E-state index >= 15 is 0 Å². The smallest absolute Gasteiger partial charge is 0.267 e. The van der Waals surface area contributed by atoms with Crippen molar-refractivity contribution in [1.29, 1.82) is 0 Å². The first-order valence-electron chi connectivity index (χ1n) is 4.98. The Kier molecular flexibility index (Phi) is 4.76. The summed E-state index contributed by atoms with van der Waals surface area (Å²) in [5, 5.41) is 14.9. The molecule has 0 aromatic heterocycles. The van der Waals surface area contributed by atoms with Gasteiger partial charge in [0.15, 0.2) is 0 Å². The Balaban J connectivity index is 2.25. The Labute approximate surface area is 87.7 Å². The van der Waals surface area contributed by atoms with Crippen molar-refractivity contribution in [3.63, 3.8) is 0 Å². The van der Waals surface area contributed by atoms with E-state index < -0.39 is 0 Å². The molecule has 2 amide bonds. The summed E-state index contributed by atoms with van der Waals surface area (Å²) in [6.45, 7) is 0.652. The van der Waals surface area contributed by atoms with E-state index in [0.717, 1.165) is 6.42 Å². The molecule has 84 valence electrons. The van der Waals surface area contributed by atoms with Gasteiger partial charge in [0.05, 0.1) is 0 Å². The van der Waals surface area contributed by atoms with Crippen molar-refractivity contribution in [2.45, 2.75) is 25.7 Å². The van der Waals surface area contributed by atoms with Gasteiger partial charge in [0.1, 0.15) is 5.71 Å². The van der Waals surface area contributed by atoms with Crippen LogP contribution in [0.4, 0.5) is 0 Å². The fourth-order valence-corrected chi connectivity index (χ4v) is 1.18. The van der Waals surface area contributed by atoms with Crippen LogP contribution in [0.1, 0.15) is 25.7 Å². The van der Waals surface area contributed by atoms with Gasteiger partial charge in [-0.3, -0.25) is 9.59 Å². The molecule has 0 atom stereocenters. The second-order valence-electron chi connectivity index (χ2n) is 3.28. The zero-order valence-electron chi connectivity index (χ0n) is 8.45. The Morgan fingerprint density at radius 1 is 1.47 bits per heavy atom. The van der Waals surface area contributed by atoms with E-state index in [4.69, 9.17) is 5.11 Å². The van der Waals surface area contributed by atoms with Crippen LogP contribution in [0.25, 0.3) is 0 Å². The Bertz CT molecular complexity index is 276. The molecule has 1 heterocycles. The fraction of sp³-hybridized carbons (Fsp3) is 0.667. The molecule has 0 radical (unpaired) electrons. The van der Waals surface area contributed by atoms with Crippen molar-refractivity contribution in [3.05, 3.63) is 0 Å². The molecular weight excluding hydrogens is 198 g/mol. The van der Waals surface area contributed by atoms with Gasteiger partial charge in [0, 0.05) is 26.0 Å². The summed E-state index contributed by atoms with van der Waals surface area (Å²) in [6, 6.07) is 0. The number of carbonyl (C=O) groups is 2. The number of nitrogens with zero attached hydrogens (tertiary/aromatic N) is 1. The van der Waals surface area contributed by atoms with Crippen molar-refractivity contribution in [2.24, 2.45) is 5.10 Å². The van der Waals surface area contributed by atoms with Crippen LogP contribution >= 0.6 is 0 Å². The zero-order chi connectivity index (χ0) is 11.1. The lowest BCUT2D eigenvalue weighted by atomic mass is 10.1. The summed E-state index contributed by atoms with van der Waals surface area (Å²) in [6.07, 6.45) is 2.10. The molecule has 0 aliphatic carbocycles. The number of hydrogen-bond donors (Lipinski definition) is 3. The van der Waals surface area contributed by atoms with Crippen LogP contribution in [-0.2, 0) is 9.59 Å². The first-order chi connectivity index (χ1) is 7.24. The number of aliphatic hydroxyl groups excluding tert-OH is 1. The van der Waals surface area contributed by atoms with Crippen LogP contribution in [0.2, 0.25) is 0 Å². The predicted octanol–water partition coefficient (Wildman–Crippen LogP) is -0.859. The van der Waals surface area contributed by atoms with Crippen LogP contribution in [0.5, 0.6) is 0 Å². The predicted molar refractivity (Wildman–Crippen MR) is 54.1 cm³/mol. The Hall–Kier alpha value is -1.43. The normalized spacial score (nSPS) is 15.5. The molecule has 3 N–H and O–H groups in total. The molecule has 0 fully saturated rings. The van der Waals surface area contributed by atoms with E-state index in [-0.39, 0.29) is 18.4 Å². The van der Waals surface area contributed by atoms with Crippen molar-refractivity contribution in [1.82, 2.24) is 10.7 Å². The third-order valence-electron chi connectivity index (χ3n) is 2.04. The van der Waals surface area contributed by atoms with E-state index in [2.05, 4.69) is 15.8 Å². The highest BCUT2D eigenvalue weighted by molar-refractivity contribution is 6.39. The molecule has 0 saturated carbocycles. The molecule has 0 bridgehead atoms. The number of aliphatic hydroxyl groups is 1. The highest BCUT2D eigenvalue weighted by Crippen LogP contribution is 1.99. The van der Waals surface area contributed by atoms with Gasteiger partial charge in [-0.05, 0) is 12.8 Å². The minimum absolute atomic E-state index is 0.132. The first-order valence-corrected chi connectivity index (χ1v) is 4.98. The van der Waals surface area contributed by atoms with E-state index in [0.29, 0.717) is 31.5 Å². The van der Waals surface area contributed by atoms with Gasteiger partial charge in [-0.1, -0.05) is 0 Å². The summed E-state index contributed by atoms with van der Waals surface area (Å²) >= 11 is 0. The van der Waals surface area contributed by atoms with E-state index in [1.54, 1.807) is 0 Å². The Morgan fingerprint density at radius 2 is 2.27 bits per heavy atom. The molecule has 15 heavy (non-hydrogen) atoms. The van der Waals surface area contributed by atoms with Crippen molar-refractivity contribution in [2.75, 3.05) is 13.2 Å². The molecular formula is C9H15N3O3. The standard InChI is InChI=1S/C9H15N3O3/c13-6-2-1-5-10-9(15)7-3-4-8(14)12-11-7/h13H,1-6H2,(H,10,15)(H,12,14). The fourth-order valence-electron chi connectivity index (χ4n) is 1.18. The van der Waals surface area contributed by atoms with Gasteiger partial charge in [0.25, 0.3) is 5.91 Å². The minimum atomic E-state index is -0.243. The molecule has 1 rings (SSSR count). The maximum absolute atomic E-state index is 11.4. The average molecular weight is 213 g/mol. The molecule has 0 aromatic carbocycles. The maximum atomic E-state index is 11.4. The lowest BCUT2D eigenvalue weighted by molar-refractivity contribution is -0.121. The molecule has 0 aromatic rings. The maximum Gasteiger partial charge on any atom is 0.267 e. The number of hydrogen-bond acceptors (Lipinski definition) is 4. The largest absolute Gasteiger partial charge is 0.396 e. The van der Waals surface area contributed by atoms with Gasteiger partial charge in [-0.2, -0.15) is 5.10 Å². The molecule has 1 aliphatic rings. The second-order valence-corrected chi connectivity index (χ2v) is 3.28. The van der Waals surface area contributed by atoms with Crippen LogP contribution in [-0.4, -0.2) is 35.8 Å². The monoisotopic (exact) mass is 213 g/mol. The summed E-state index contributed by atoms with van der Waals surface area (Å²) in [5.41, 5.74) is 2.62. The SMILES string of the molecule is O=C1CCC(C(=O)NCCCCO)=NN1. The quantitative estimate of drug-likeness (QED) is 0.519. The summed E-state index contributed by atoms with van der Waals surface area (Å²) < 4.78 is 0. The summed E-state index contributed by atoms with van der Waals surface area (Å²) in [4.78, 5) is 22.2. The number of unbranched alkanes of at least 4 members (excludes halogenated alkanes) is 1. The molecule has 6 heteroatoms. The second kappa shape index (κ2) is 6.13. The van der Waals surface area contributed by atoms with Crippen LogP contribution in [0.15, 0.2) is 5.10 Å². The van der Waals surface area contributed by atoms with E-state index in [9.17, 15) is 9.59 Å². The van der Waals surface area contributed by atoms with Gasteiger partial charge < -0.3 is 10.4 Å². The molecule has 1 aliphatic heterocycles. The minimum Gasteiger partial charge on any atom is -0.396 e. The van der Waals surface area contributed by atoms with Gasteiger partial charge in [-0.25, -0.2) is 5.43 Å². The van der Waals surface area contributed by atoms with Gasteiger partial charge >= 0.3 is 0 Å². The molecule has 6 nitrogen and oxygen atoms in total. The Morgan fingerprint density at radius 3 is 2.87 bits per heavy atom. The lowest BCUT2D eigenvalue weighted by Crippen LogP contribution is -2.37. The lowest BCUT2D eigenvalue weighted by Gasteiger charge is -2.11. The van der Waals surface area contributed by atoms with Crippen LogP contribution < -0.4 is 10.7 Å². The van der Waals surface area contributed by atoms with E-state index in [1.807, 2.05) is 0 Å². The van der Waals surface area contributed by atoms with Crippen LogP contribution in [0.3, 0.4) is 0 Å². The van der Waals surface area contributed by atoms with Gasteiger partial charge in [0.2, 0.25) is 5.91 Å². The first kappa shape index (κ1) is 11.6. The topological polar surface area (TPSA) is 90.8 Å². The number of hydrazone groups is 1. The summed E-state index contributed by atoms with van der Waals surface area (Å²) in [5.74, 6) is -0.403. The third kappa shape index (κ3) is 4.07. The zero-order valence-corrected chi connectivity index (χ0v) is 8.45. The number of nitrogens with one attached hydrogen (secondary N) is 2. The highest BCUT2D eigenvalue weighted by Gasteiger charge is 2.17. The van der Waals surface area contributed by atoms with Gasteiger partial charge in [-0.15, -0.1) is 0 Å². The molecule has 0 saturated heterocycles. The van der Waals surface area contributed by atoms with Crippen LogP contribution in [0, 0.1) is 0 Å². The van der Waals surface area contributed by atoms with Crippen molar-refractivity contribution >= 4 is 17.5 Å². The van der Waals surface area contributed by atoms with E-state index in [1.165, 1.54) is 0 Å². The van der Waals surface area contributed by atoms with Crippen molar-refractivity contribution < 1.29 is 14.7 Å². The summed E-state index contributed by atoms with van der Waals surface area (Å²) in [7, 11) is 0. The van der Waals surface area contributed by atoms with Crippen molar-refractivity contribution in [3.8, 4) is 0 Å². The average Bonchev–Trinajstić information content (AvgIpc) is 2.25. The molecule has 0 spiro atoms. The number of amides is 2. The number of rotatable bonds is 5.